The number of anilines is 1. The van der Waals surface area contributed by atoms with Crippen molar-refractivity contribution >= 4 is 16.9 Å². The monoisotopic (exact) mass is 266 g/mol. The average Bonchev–Trinajstić information content (AvgIpc) is 2.46. The van der Waals surface area contributed by atoms with Crippen molar-refractivity contribution in [3.63, 3.8) is 0 Å². The second-order valence-electron chi connectivity index (χ2n) is 4.62. The second kappa shape index (κ2) is 4.77. The number of aryl methyl sites for hydroxylation is 1. The van der Waals surface area contributed by atoms with Crippen LogP contribution in [0.2, 0.25) is 0 Å². The molecule has 0 aliphatic heterocycles. The molecule has 20 heavy (non-hydrogen) atoms. The summed E-state index contributed by atoms with van der Waals surface area (Å²) >= 11 is 0. The van der Waals surface area contributed by atoms with Gasteiger partial charge in [-0.3, -0.25) is 4.79 Å². The lowest BCUT2D eigenvalue weighted by Gasteiger charge is -2.12. The zero-order valence-corrected chi connectivity index (χ0v) is 11.1. The molecule has 0 unspecified atom stereocenters. The summed E-state index contributed by atoms with van der Waals surface area (Å²) in [5.41, 5.74) is 8.65. The lowest BCUT2D eigenvalue weighted by Crippen LogP contribution is -2.25. The van der Waals surface area contributed by atoms with Gasteiger partial charge < -0.3 is 10.3 Å². The number of aromatic nitrogens is 3. The van der Waals surface area contributed by atoms with E-state index in [-0.39, 0.29) is 5.56 Å². The van der Waals surface area contributed by atoms with Gasteiger partial charge in [-0.25, -0.2) is 9.97 Å². The smallest absolute Gasteiger partial charge is 0.272 e. The van der Waals surface area contributed by atoms with Gasteiger partial charge in [0.05, 0.1) is 17.6 Å². The third-order valence-electron chi connectivity index (χ3n) is 3.27. The highest BCUT2D eigenvalue weighted by atomic mass is 16.1. The molecule has 5 nitrogen and oxygen atoms in total. The minimum absolute atomic E-state index is 0.105. The lowest BCUT2D eigenvalue weighted by molar-refractivity contribution is 0.775. The molecule has 0 atom stereocenters. The number of para-hydroxylation sites is 2. The van der Waals surface area contributed by atoms with Crippen molar-refractivity contribution in [2.45, 2.75) is 13.5 Å². The molecule has 2 aromatic heterocycles. The van der Waals surface area contributed by atoms with Crippen molar-refractivity contribution in [2.24, 2.45) is 0 Å². The molecule has 3 rings (SSSR count). The molecule has 0 radical (unpaired) electrons. The molecular formula is C15H14N4O. The van der Waals surface area contributed by atoms with E-state index in [1.54, 1.807) is 17.7 Å². The van der Waals surface area contributed by atoms with Gasteiger partial charge >= 0.3 is 0 Å². The highest BCUT2D eigenvalue weighted by Gasteiger charge is 2.09. The zero-order chi connectivity index (χ0) is 14.1. The van der Waals surface area contributed by atoms with Crippen LogP contribution in [0.3, 0.4) is 0 Å². The Bertz CT molecular complexity index is 839. The van der Waals surface area contributed by atoms with E-state index in [0.717, 1.165) is 16.6 Å². The van der Waals surface area contributed by atoms with Gasteiger partial charge in [0.25, 0.3) is 5.56 Å². The van der Waals surface area contributed by atoms with Gasteiger partial charge in [-0.15, -0.1) is 0 Å². The minimum Gasteiger partial charge on any atom is -0.383 e. The summed E-state index contributed by atoms with van der Waals surface area (Å²) in [5, 5.41) is 0. The number of nitrogen functional groups attached to an aromatic ring is 1. The molecule has 3 aromatic rings. The van der Waals surface area contributed by atoms with Crippen molar-refractivity contribution in [1.29, 1.82) is 0 Å². The highest BCUT2D eigenvalue weighted by molar-refractivity contribution is 5.74. The number of rotatable bonds is 2. The summed E-state index contributed by atoms with van der Waals surface area (Å²) in [6.45, 7) is 2.11. The number of pyridine rings is 1. The molecule has 2 heterocycles. The van der Waals surface area contributed by atoms with E-state index in [4.69, 9.17) is 5.73 Å². The topological polar surface area (TPSA) is 73.8 Å². The fourth-order valence-corrected chi connectivity index (χ4v) is 2.23. The Morgan fingerprint density at radius 1 is 1.20 bits per heavy atom. The largest absolute Gasteiger partial charge is 0.383 e. The molecular weight excluding hydrogens is 252 g/mol. The maximum absolute atomic E-state index is 12.3. The number of hydrogen-bond acceptors (Lipinski definition) is 4. The summed E-state index contributed by atoms with van der Waals surface area (Å²) in [6, 6.07) is 11.3. The summed E-state index contributed by atoms with van der Waals surface area (Å²) < 4.78 is 1.69. The van der Waals surface area contributed by atoms with Gasteiger partial charge in [0.2, 0.25) is 0 Å². The van der Waals surface area contributed by atoms with Crippen LogP contribution >= 0.6 is 0 Å². The molecule has 0 aliphatic carbocycles. The van der Waals surface area contributed by atoms with Crippen LogP contribution in [0.25, 0.3) is 11.0 Å². The van der Waals surface area contributed by atoms with E-state index < -0.39 is 0 Å². The molecule has 0 amide bonds. The molecule has 100 valence electrons. The Balaban J connectivity index is 2.23. The van der Waals surface area contributed by atoms with Gasteiger partial charge in [0.1, 0.15) is 11.5 Å². The number of hydrogen-bond donors (Lipinski definition) is 1. The van der Waals surface area contributed by atoms with Crippen molar-refractivity contribution in [2.75, 3.05) is 5.73 Å². The van der Waals surface area contributed by atoms with E-state index in [0.29, 0.717) is 18.1 Å². The highest BCUT2D eigenvalue weighted by Crippen LogP contribution is 2.14. The maximum atomic E-state index is 12.3. The Labute approximate surface area is 115 Å². The number of nitrogens with zero attached hydrogens (tertiary/aromatic N) is 3. The normalized spacial score (nSPS) is 10.8. The van der Waals surface area contributed by atoms with Gasteiger partial charge in [-0.1, -0.05) is 18.2 Å². The van der Waals surface area contributed by atoms with Gasteiger partial charge in [0, 0.05) is 11.8 Å². The second-order valence-corrected chi connectivity index (χ2v) is 4.62. The van der Waals surface area contributed by atoms with Crippen LogP contribution in [0.4, 0.5) is 5.82 Å². The molecule has 0 spiro atoms. The Morgan fingerprint density at radius 3 is 2.80 bits per heavy atom. The van der Waals surface area contributed by atoms with Crippen LogP contribution in [0.1, 0.15) is 11.3 Å². The lowest BCUT2D eigenvalue weighted by atomic mass is 10.2. The van der Waals surface area contributed by atoms with Gasteiger partial charge in [0.15, 0.2) is 0 Å². The van der Waals surface area contributed by atoms with Crippen LogP contribution in [-0.4, -0.2) is 14.5 Å². The van der Waals surface area contributed by atoms with Crippen molar-refractivity contribution in [1.82, 2.24) is 14.5 Å². The molecule has 0 saturated carbocycles. The molecule has 0 bridgehead atoms. The van der Waals surface area contributed by atoms with E-state index in [9.17, 15) is 4.79 Å². The Hall–Kier alpha value is -2.69. The SMILES string of the molecule is Cc1nc2ccccc2n(Cc2cccnc2N)c1=O. The molecule has 0 saturated heterocycles. The molecule has 5 heteroatoms. The maximum Gasteiger partial charge on any atom is 0.272 e. The van der Waals surface area contributed by atoms with Crippen molar-refractivity contribution < 1.29 is 0 Å². The molecule has 0 aliphatic rings. The predicted octanol–water partition coefficient (Wildman–Crippen LogP) is 1.73. The molecule has 2 N–H and O–H groups in total. The van der Waals surface area contributed by atoms with Crippen molar-refractivity contribution in [3.8, 4) is 0 Å². The molecule has 0 fully saturated rings. The average molecular weight is 266 g/mol. The van der Waals surface area contributed by atoms with Crippen molar-refractivity contribution in [3.05, 3.63) is 64.2 Å². The van der Waals surface area contributed by atoms with Crippen LogP contribution in [-0.2, 0) is 6.54 Å². The fraction of sp³-hybridized carbons (Fsp3) is 0.133. The number of fused-ring (bicyclic) bond motifs is 1. The van der Waals surface area contributed by atoms with Crippen LogP contribution in [0.5, 0.6) is 0 Å². The third-order valence-corrected chi connectivity index (χ3v) is 3.27. The standard InChI is InChI=1S/C15H14N4O/c1-10-15(20)19(9-11-5-4-8-17-14(11)16)13-7-3-2-6-12(13)18-10/h2-8H,9H2,1H3,(H2,16,17). The fourth-order valence-electron chi connectivity index (χ4n) is 2.23. The molecule has 1 aromatic carbocycles. The minimum atomic E-state index is -0.105. The van der Waals surface area contributed by atoms with E-state index in [1.165, 1.54) is 0 Å². The Morgan fingerprint density at radius 2 is 2.00 bits per heavy atom. The first kappa shape index (κ1) is 12.3. The third kappa shape index (κ3) is 2.03. The van der Waals surface area contributed by atoms with Gasteiger partial charge in [-0.05, 0) is 25.1 Å². The summed E-state index contributed by atoms with van der Waals surface area (Å²) in [6.07, 6.45) is 1.64. The van der Waals surface area contributed by atoms with Gasteiger partial charge in [-0.2, -0.15) is 0 Å². The zero-order valence-electron chi connectivity index (χ0n) is 11.1. The first-order valence-corrected chi connectivity index (χ1v) is 6.32. The number of benzene rings is 1. The van der Waals surface area contributed by atoms with E-state index in [1.807, 2.05) is 36.4 Å². The summed E-state index contributed by atoms with van der Waals surface area (Å²) in [5.74, 6) is 0.443. The van der Waals surface area contributed by atoms with Crippen LogP contribution < -0.4 is 11.3 Å². The number of nitrogens with two attached hydrogens (primary N) is 1. The van der Waals surface area contributed by atoms with E-state index >= 15 is 0 Å². The van der Waals surface area contributed by atoms with Crippen LogP contribution in [0.15, 0.2) is 47.4 Å². The summed E-state index contributed by atoms with van der Waals surface area (Å²) in [4.78, 5) is 20.7. The summed E-state index contributed by atoms with van der Waals surface area (Å²) in [7, 11) is 0. The quantitative estimate of drug-likeness (QED) is 0.766. The Kier molecular flexibility index (Phi) is 2.95. The predicted molar refractivity (Wildman–Crippen MR) is 78.5 cm³/mol. The van der Waals surface area contributed by atoms with Crippen LogP contribution in [0, 0.1) is 6.92 Å². The van der Waals surface area contributed by atoms with E-state index in [2.05, 4.69) is 9.97 Å². The first-order chi connectivity index (χ1) is 9.66. The first-order valence-electron chi connectivity index (χ1n) is 6.32.